The topological polar surface area (TPSA) is 38.4 Å². The number of amidine groups is 1. The van der Waals surface area contributed by atoms with Crippen LogP contribution in [0.3, 0.4) is 0 Å². The van der Waals surface area contributed by atoms with Gasteiger partial charge in [-0.1, -0.05) is 64.3 Å². The molecule has 1 aromatic rings. The van der Waals surface area contributed by atoms with Gasteiger partial charge in [0.15, 0.2) is 0 Å². The minimum atomic E-state index is 0.222. The lowest BCUT2D eigenvalue weighted by Crippen LogP contribution is -2.23. The van der Waals surface area contributed by atoms with Crippen LogP contribution in [-0.4, -0.2) is 11.9 Å². The van der Waals surface area contributed by atoms with Crippen molar-refractivity contribution in [3.63, 3.8) is 0 Å². The van der Waals surface area contributed by atoms with Crippen molar-refractivity contribution in [2.24, 2.45) is 16.6 Å². The predicted octanol–water partition coefficient (Wildman–Crippen LogP) is 4.68. The highest BCUT2D eigenvalue weighted by molar-refractivity contribution is 5.87. The van der Waals surface area contributed by atoms with Crippen molar-refractivity contribution in [1.29, 1.82) is 0 Å². The molecule has 0 spiro atoms. The van der Waals surface area contributed by atoms with Crippen molar-refractivity contribution in [3.05, 3.63) is 35.4 Å². The maximum atomic E-state index is 6.25. The highest BCUT2D eigenvalue weighted by Crippen LogP contribution is 2.23. The zero-order valence-corrected chi connectivity index (χ0v) is 13.8. The maximum absolute atomic E-state index is 6.25. The summed E-state index contributed by atoms with van der Waals surface area (Å²) in [6, 6.07) is 9.36. The lowest BCUT2D eigenvalue weighted by Gasteiger charge is -2.20. The fourth-order valence-corrected chi connectivity index (χ4v) is 3.12. The van der Waals surface area contributed by atoms with Gasteiger partial charge in [0.2, 0.25) is 0 Å². The molecule has 116 valence electrons. The van der Waals surface area contributed by atoms with Gasteiger partial charge in [-0.3, -0.25) is 4.99 Å². The minimum Gasteiger partial charge on any atom is -0.387 e. The quantitative estimate of drug-likeness (QED) is 0.619. The summed E-state index contributed by atoms with van der Waals surface area (Å²) >= 11 is 0. The van der Waals surface area contributed by atoms with Crippen LogP contribution >= 0.6 is 0 Å². The van der Waals surface area contributed by atoms with Gasteiger partial charge < -0.3 is 5.73 Å². The Bertz CT molecular complexity index is 453. The van der Waals surface area contributed by atoms with Crippen LogP contribution in [0.5, 0.6) is 0 Å². The second-order valence-electron chi connectivity index (χ2n) is 6.91. The highest BCUT2D eigenvalue weighted by Gasteiger charge is 2.15. The normalized spacial score (nSPS) is 19.0. The average molecular weight is 286 g/mol. The summed E-state index contributed by atoms with van der Waals surface area (Å²) in [5.74, 6) is 1.73. The van der Waals surface area contributed by atoms with Gasteiger partial charge >= 0.3 is 0 Å². The van der Waals surface area contributed by atoms with Crippen LogP contribution in [-0.2, 0) is 6.42 Å². The van der Waals surface area contributed by atoms with Gasteiger partial charge in [0.05, 0.1) is 6.04 Å². The van der Waals surface area contributed by atoms with Crippen LogP contribution < -0.4 is 5.73 Å². The van der Waals surface area contributed by atoms with Gasteiger partial charge in [0, 0.05) is 5.92 Å². The Kier molecular flexibility index (Phi) is 5.84. The Morgan fingerprint density at radius 2 is 1.71 bits per heavy atom. The third-order valence-electron chi connectivity index (χ3n) is 4.47. The first-order valence-corrected chi connectivity index (χ1v) is 8.48. The first kappa shape index (κ1) is 16.1. The van der Waals surface area contributed by atoms with Crippen molar-refractivity contribution in [1.82, 2.24) is 0 Å². The molecule has 1 fully saturated rings. The monoisotopic (exact) mass is 286 g/mol. The molecule has 2 nitrogen and oxygen atoms in total. The van der Waals surface area contributed by atoms with Crippen molar-refractivity contribution in [2.45, 2.75) is 71.3 Å². The van der Waals surface area contributed by atoms with Gasteiger partial charge in [-0.05, 0) is 36.3 Å². The number of hydrogen-bond donors (Lipinski definition) is 1. The van der Waals surface area contributed by atoms with Crippen LogP contribution in [0.2, 0.25) is 0 Å². The maximum Gasteiger partial charge on any atom is 0.101 e. The first-order chi connectivity index (χ1) is 10.1. The predicted molar refractivity (Wildman–Crippen MR) is 91.9 cm³/mol. The van der Waals surface area contributed by atoms with Gasteiger partial charge in [-0.25, -0.2) is 0 Å². The SMILES string of the molecule is CC(C)Cc1ccc([C@H](C)C(N)=NC2CCCCC2)cc1. The van der Waals surface area contributed by atoms with Crippen molar-refractivity contribution in [2.75, 3.05) is 0 Å². The molecule has 0 unspecified atom stereocenters. The molecule has 0 heterocycles. The third kappa shape index (κ3) is 4.87. The molecule has 1 saturated carbocycles. The highest BCUT2D eigenvalue weighted by atomic mass is 14.9. The van der Waals surface area contributed by atoms with E-state index in [9.17, 15) is 0 Å². The first-order valence-electron chi connectivity index (χ1n) is 8.48. The van der Waals surface area contributed by atoms with E-state index in [1.165, 1.54) is 43.2 Å². The average Bonchev–Trinajstić information content (AvgIpc) is 2.47. The van der Waals surface area contributed by atoms with E-state index in [0.717, 1.165) is 12.3 Å². The summed E-state index contributed by atoms with van der Waals surface area (Å²) in [4.78, 5) is 4.78. The Morgan fingerprint density at radius 3 is 2.29 bits per heavy atom. The fourth-order valence-electron chi connectivity index (χ4n) is 3.12. The molecule has 2 heteroatoms. The standard InChI is InChI=1S/C19H30N2/c1-14(2)13-16-9-11-17(12-10-16)15(3)19(20)21-18-7-5-4-6-8-18/h9-12,14-15,18H,4-8,13H2,1-3H3,(H2,20,21)/t15-/m0/s1. The molecular weight excluding hydrogens is 256 g/mol. The number of nitrogens with two attached hydrogens (primary N) is 1. The third-order valence-corrected chi connectivity index (χ3v) is 4.47. The smallest absolute Gasteiger partial charge is 0.101 e. The zero-order chi connectivity index (χ0) is 15.2. The fraction of sp³-hybridized carbons (Fsp3) is 0.632. The molecule has 2 N–H and O–H groups in total. The number of benzene rings is 1. The molecule has 1 aliphatic carbocycles. The largest absolute Gasteiger partial charge is 0.387 e. The summed E-state index contributed by atoms with van der Waals surface area (Å²) in [7, 11) is 0. The molecule has 21 heavy (non-hydrogen) atoms. The number of rotatable bonds is 5. The van der Waals surface area contributed by atoms with Crippen molar-refractivity contribution in [3.8, 4) is 0 Å². The van der Waals surface area contributed by atoms with E-state index in [0.29, 0.717) is 12.0 Å². The van der Waals surface area contributed by atoms with Crippen LogP contribution in [0.4, 0.5) is 0 Å². The van der Waals surface area contributed by atoms with Crippen molar-refractivity contribution >= 4 is 5.84 Å². The molecule has 2 rings (SSSR count). The summed E-state index contributed by atoms with van der Waals surface area (Å²) < 4.78 is 0. The molecule has 1 atom stereocenters. The molecule has 0 aliphatic heterocycles. The lowest BCUT2D eigenvalue weighted by atomic mass is 9.94. The van der Waals surface area contributed by atoms with Crippen molar-refractivity contribution < 1.29 is 0 Å². The number of nitrogens with zero attached hydrogens (tertiary/aromatic N) is 1. The van der Waals surface area contributed by atoms with E-state index in [1.807, 2.05) is 0 Å². The summed E-state index contributed by atoms with van der Waals surface area (Å²) in [6.45, 7) is 6.68. The summed E-state index contributed by atoms with van der Waals surface area (Å²) in [6.07, 6.45) is 7.53. The van der Waals surface area contributed by atoms with E-state index in [4.69, 9.17) is 10.7 Å². The molecule has 0 saturated heterocycles. The molecule has 0 amide bonds. The van der Waals surface area contributed by atoms with Gasteiger partial charge in [0.25, 0.3) is 0 Å². The minimum absolute atomic E-state index is 0.222. The van der Waals surface area contributed by atoms with Gasteiger partial charge in [0.1, 0.15) is 5.84 Å². The summed E-state index contributed by atoms with van der Waals surface area (Å²) in [5, 5.41) is 0. The van der Waals surface area contributed by atoms with Crippen LogP contribution in [0, 0.1) is 5.92 Å². The van der Waals surface area contributed by atoms with Gasteiger partial charge in [-0.2, -0.15) is 0 Å². The molecule has 0 radical (unpaired) electrons. The molecule has 0 bridgehead atoms. The number of hydrogen-bond acceptors (Lipinski definition) is 1. The second-order valence-corrected chi connectivity index (χ2v) is 6.91. The Hall–Kier alpha value is -1.31. The zero-order valence-electron chi connectivity index (χ0n) is 13.8. The Balaban J connectivity index is 2.00. The molecule has 1 aliphatic rings. The van der Waals surface area contributed by atoms with E-state index in [1.54, 1.807) is 0 Å². The number of aliphatic imine (C=N–C) groups is 1. The van der Waals surface area contributed by atoms with Crippen LogP contribution in [0.15, 0.2) is 29.3 Å². The van der Waals surface area contributed by atoms with E-state index in [-0.39, 0.29) is 5.92 Å². The van der Waals surface area contributed by atoms with E-state index in [2.05, 4.69) is 45.0 Å². The second kappa shape index (κ2) is 7.63. The van der Waals surface area contributed by atoms with Crippen LogP contribution in [0.1, 0.15) is 69.9 Å². The van der Waals surface area contributed by atoms with Gasteiger partial charge in [-0.15, -0.1) is 0 Å². The van der Waals surface area contributed by atoms with E-state index >= 15 is 0 Å². The van der Waals surface area contributed by atoms with Crippen LogP contribution in [0.25, 0.3) is 0 Å². The Morgan fingerprint density at radius 1 is 1.10 bits per heavy atom. The molecular formula is C19H30N2. The lowest BCUT2D eigenvalue weighted by molar-refractivity contribution is 0.442. The Labute approximate surface area is 129 Å². The summed E-state index contributed by atoms with van der Waals surface area (Å²) in [5.41, 5.74) is 8.93. The molecule has 1 aromatic carbocycles. The molecule has 0 aromatic heterocycles. The van der Waals surface area contributed by atoms with E-state index < -0.39 is 0 Å².